The van der Waals surface area contributed by atoms with E-state index >= 15 is 0 Å². The number of benzene rings is 1. The predicted octanol–water partition coefficient (Wildman–Crippen LogP) is 0.334. The summed E-state index contributed by atoms with van der Waals surface area (Å²) in [4.78, 5) is -1.27. The van der Waals surface area contributed by atoms with Crippen LogP contribution in [0.4, 0.5) is 0 Å². The Hall–Kier alpha value is -4.52. The second kappa shape index (κ2) is 8.02. The highest BCUT2D eigenvalue weighted by molar-refractivity contribution is 7.86. The first kappa shape index (κ1) is 23.2. The normalized spacial score (nSPS) is 12.3. The third-order valence-electron chi connectivity index (χ3n) is 4.98. The number of phenolic OH excluding ortho intramolecular Hbond substituents is 2. The van der Waals surface area contributed by atoms with Gasteiger partial charge in [0, 0.05) is 24.8 Å². The van der Waals surface area contributed by atoms with E-state index in [0.717, 1.165) is 34.2 Å². The fourth-order valence-electron chi connectivity index (χ4n) is 3.47. The lowest BCUT2D eigenvalue weighted by Crippen LogP contribution is -2.12. The van der Waals surface area contributed by atoms with Crippen molar-refractivity contribution in [2.45, 2.75) is 9.79 Å². The molecule has 4 N–H and O–H groups in total. The molecule has 0 spiro atoms. The van der Waals surface area contributed by atoms with Crippen LogP contribution in [0.2, 0.25) is 0 Å². The van der Waals surface area contributed by atoms with Crippen molar-refractivity contribution in [2.75, 3.05) is 0 Å². The Morgan fingerprint density at radius 2 is 0.944 bits per heavy atom. The van der Waals surface area contributed by atoms with Gasteiger partial charge in [-0.05, 0) is 12.1 Å². The Morgan fingerprint density at radius 1 is 0.583 bits per heavy atom. The van der Waals surface area contributed by atoms with Gasteiger partial charge in [0.05, 0.1) is 24.8 Å². The fraction of sp³-hybridized carbons (Fsp3) is 0. The fourth-order valence-corrected chi connectivity index (χ4v) is 4.29. The molecule has 186 valence electrons. The minimum Gasteiger partial charge on any atom is -0.504 e. The highest BCUT2D eigenvalue weighted by Gasteiger charge is 2.31. The average molecular weight is 534 g/mol. The molecule has 0 aliphatic carbocycles. The van der Waals surface area contributed by atoms with Gasteiger partial charge in [-0.2, -0.15) is 37.2 Å². The molecule has 0 amide bonds. The summed E-state index contributed by atoms with van der Waals surface area (Å²) in [5.74, 6) is -1.24. The van der Waals surface area contributed by atoms with E-state index in [0.29, 0.717) is 0 Å². The monoisotopic (exact) mass is 534 g/mol. The molecule has 36 heavy (non-hydrogen) atoms. The van der Waals surface area contributed by atoms with Crippen molar-refractivity contribution >= 4 is 20.2 Å². The molecule has 0 saturated heterocycles. The first-order chi connectivity index (χ1) is 17.0. The van der Waals surface area contributed by atoms with Crippen LogP contribution in [0, 0.1) is 0 Å². The molecular weight excluding hydrogens is 520 g/mol. The highest BCUT2D eigenvalue weighted by atomic mass is 32.2. The maximum atomic E-state index is 11.6. The van der Waals surface area contributed by atoms with Gasteiger partial charge in [0.1, 0.15) is 32.5 Å². The molecule has 4 aromatic heterocycles. The summed E-state index contributed by atoms with van der Waals surface area (Å²) >= 11 is 0. The number of hydrogen-bond acceptors (Lipinski definition) is 10. The number of nitrogens with zero attached hydrogens (tertiary/aromatic N) is 8. The van der Waals surface area contributed by atoms with Crippen LogP contribution in [0.3, 0.4) is 0 Å². The van der Waals surface area contributed by atoms with Gasteiger partial charge in [0.2, 0.25) is 0 Å². The molecule has 1 aromatic carbocycles. The van der Waals surface area contributed by atoms with Crippen molar-refractivity contribution in [3.8, 4) is 34.2 Å². The lowest BCUT2D eigenvalue weighted by molar-refractivity contribution is 0.444. The van der Waals surface area contributed by atoms with E-state index in [2.05, 4.69) is 20.4 Å². The number of aromatic nitrogens is 8. The first-order valence-electron chi connectivity index (χ1n) is 9.64. The van der Waals surface area contributed by atoms with Crippen molar-refractivity contribution in [2.24, 2.45) is 0 Å². The minimum absolute atomic E-state index is 0.119. The molecule has 0 aliphatic heterocycles. The van der Waals surface area contributed by atoms with Crippen LogP contribution in [-0.2, 0) is 20.2 Å². The molecule has 18 heteroatoms. The summed E-state index contributed by atoms with van der Waals surface area (Å²) in [6, 6.07) is 3.07. The number of aromatic hydroxyl groups is 2. The zero-order valence-corrected chi connectivity index (χ0v) is 19.2. The summed E-state index contributed by atoms with van der Waals surface area (Å²) in [6.07, 6.45) is 8.96. The maximum absolute atomic E-state index is 11.6. The molecule has 5 aromatic rings. The minimum atomic E-state index is -4.70. The molecule has 0 bridgehead atoms. The maximum Gasteiger partial charge on any atom is 0.297 e. The summed E-state index contributed by atoms with van der Waals surface area (Å²) < 4.78 is 69.3. The Kier molecular flexibility index (Phi) is 5.17. The SMILES string of the molecule is O=S(=O)(O)c1cnn(-c2c(O)c(-n3cccn3)c(-n3cccn3)c(O)c2-n2cc(S(=O)(=O)O)cn2)c1. The second-order valence-corrected chi connectivity index (χ2v) is 10.0. The zero-order chi connectivity index (χ0) is 25.8. The van der Waals surface area contributed by atoms with Crippen LogP contribution in [0.5, 0.6) is 11.5 Å². The Morgan fingerprint density at radius 3 is 1.22 bits per heavy atom. The highest BCUT2D eigenvalue weighted by Crippen LogP contribution is 2.45. The van der Waals surface area contributed by atoms with Gasteiger partial charge in [0.15, 0.2) is 11.5 Å². The lowest BCUT2D eigenvalue weighted by atomic mass is 10.1. The average Bonchev–Trinajstić information content (AvgIpc) is 3.61. The third-order valence-corrected chi connectivity index (χ3v) is 6.60. The number of hydrogen-bond donors (Lipinski definition) is 4. The lowest BCUT2D eigenvalue weighted by Gasteiger charge is -2.21. The molecule has 0 radical (unpaired) electrons. The van der Waals surface area contributed by atoms with Gasteiger partial charge in [0.25, 0.3) is 20.2 Å². The summed E-state index contributed by atoms with van der Waals surface area (Å²) in [6.45, 7) is 0. The van der Waals surface area contributed by atoms with Gasteiger partial charge in [-0.25, -0.2) is 18.7 Å². The van der Waals surface area contributed by atoms with Crippen LogP contribution in [0.15, 0.2) is 71.5 Å². The number of rotatable bonds is 6. The Balaban J connectivity index is 1.93. The molecule has 4 heterocycles. The second-order valence-electron chi connectivity index (χ2n) is 7.18. The molecule has 0 atom stereocenters. The topological polar surface area (TPSA) is 220 Å². The van der Waals surface area contributed by atoms with E-state index in [-0.39, 0.29) is 22.7 Å². The van der Waals surface area contributed by atoms with Crippen molar-refractivity contribution < 1.29 is 36.2 Å². The largest absolute Gasteiger partial charge is 0.504 e. The van der Waals surface area contributed by atoms with E-state index < -0.39 is 41.5 Å². The van der Waals surface area contributed by atoms with Crippen molar-refractivity contribution in [3.63, 3.8) is 0 Å². The summed E-state index contributed by atoms with van der Waals surface area (Å²) in [5.41, 5.74) is -1.00. The van der Waals surface area contributed by atoms with Gasteiger partial charge < -0.3 is 10.2 Å². The quantitative estimate of drug-likeness (QED) is 0.171. The van der Waals surface area contributed by atoms with Gasteiger partial charge in [-0.1, -0.05) is 0 Å². The number of phenols is 2. The first-order valence-corrected chi connectivity index (χ1v) is 12.5. The molecule has 0 fully saturated rings. The van der Waals surface area contributed by atoms with Crippen LogP contribution < -0.4 is 0 Å². The van der Waals surface area contributed by atoms with Crippen LogP contribution in [0.25, 0.3) is 22.7 Å². The van der Waals surface area contributed by atoms with Crippen molar-refractivity contribution in [1.29, 1.82) is 0 Å². The van der Waals surface area contributed by atoms with Gasteiger partial charge in [-0.3, -0.25) is 9.11 Å². The van der Waals surface area contributed by atoms with E-state index in [1.165, 1.54) is 46.3 Å². The molecule has 5 rings (SSSR count). The Labute approximate surface area is 201 Å². The van der Waals surface area contributed by atoms with Gasteiger partial charge in [-0.15, -0.1) is 0 Å². The van der Waals surface area contributed by atoms with Crippen LogP contribution >= 0.6 is 0 Å². The molecule has 0 unspecified atom stereocenters. The van der Waals surface area contributed by atoms with Crippen LogP contribution in [-0.4, -0.2) is 75.3 Å². The van der Waals surface area contributed by atoms with E-state index in [9.17, 15) is 36.2 Å². The predicted molar refractivity (Wildman–Crippen MR) is 118 cm³/mol. The molecule has 16 nitrogen and oxygen atoms in total. The molecular formula is C18H14N8O8S2. The molecule has 0 saturated carbocycles. The third kappa shape index (κ3) is 3.79. The summed E-state index contributed by atoms with van der Waals surface area (Å²) in [5, 5.41) is 38.8. The van der Waals surface area contributed by atoms with Gasteiger partial charge >= 0.3 is 0 Å². The summed E-state index contributed by atoms with van der Waals surface area (Å²) in [7, 11) is -9.39. The van der Waals surface area contributed by atoms with E-state index in [1.54, 1.807) is 0 Å². The standard InChI is InChI=1S/C18H14N8O8S2/c27-17-13(23-5-1-3-19-23)14(24-6-2-4-20-24)18(28)16(26-10-12(8-22-26)36(32,33)34)15(17)25-9-11(7-21-25)35(29,30)31/h1-10,27-28H,(H,29,30,31)(H,32,33,34). The van der Waals surface area contributed by atoms with Crippen molar-refractivity contribution in [3.05, 3.63) is 61.7 Å². The van der Waals surface area contributed by atoms with Crippen molar-refractivity contribution in [1.82, 2.24) is 39.1 Å². The Bertz CT molecular complexity index is 1670. The molecule has 0 aliphatic rings. The zero-order valence-electron chi connectivity index (χ0n) is 17.6. The van der Waals surface area contributed by atoms with Crippen LogP contribution in [0.1, 0.15) is 0 Å². The van der Waals surface area contributed by atoms with E-state index in [4.69, 9.17) is 0 Å². The smallest absolute Gasteiger partial charge is 0.297 e. The van der Waals surface area contributed by atoms with E-state index in [1.807, 2.05) is 0 Å².